The van der Waals surface area contributed by atoms with Crippen LogP contribution in [0.3, 0.4) is 0 Å². The molecule has 1 aliphatic carbocycles. The van der Waals surface area contributed by atoms with E-state index in [1.54, 1.807) is 0 Å². The van der Waals surface area contributed by atoms with Crippen molar-refractivity contribution in [2.75, 3.05) is 6.61 Å². The van der Waals surface area contributed by atoms with Gasteiger partial charge in [0.25, 0.3) is 0 Å². The molecule has 0 bridgehead atoms. The van der Waals surface area contributed by atoms with Gasteiger partial charge in [0.1, 0.15) is 5.75 Å². The molecular formula is C18H20N2O2. The normalized spacial score (nSPS) is 13.9. The fourth-order valence-electron chi connectivity index (χ4n) is 2.50. The summed E-state index contributed by atoms with van der Waals surface area (Å²) in [6, 6.07) is 4.09. The number of nitrogens with zero attached hydrogens (tertiary/aromatic N) is 2. The molecule has 3 rings (SSSR count). The Morgan fingerprint density at radius 3 is 2.68 bits per heavy atom. The topological polar surface area (TPSA) is 48.2 Å². The largest absolute Gasteiger partial charge is 0.493 e. The van der Waals surface area contributed by atoms with Crippen LogP contribution in [-0.2, 0) is 0 Å². The van der Waals surface area contributed by atoms with Crippen molar-refractivity contribution >= 4 is 0 Å². The lowest BCUT2D eigenvalue weighted by molar-refractivity contribution is 0.309. The third kappa shape index (κ3) is 3.14. The van der Waals surface area contributed by atoms with E-state index >= 15 is 0 Å². The molecule has 4 nitrogen and oxygen atoms in total. The van der Waals surface area contributed by atoms with Crippen molar-refractivity contribution in [3.05, 3.63) is 29.2 Å². The van der Waals surface area contributed by atoms with Crippen molar-refractivity contribution in [1.82, 2.24) is 10.1 Å². The number of ether oxygens (including phenoxy) is 1. The number of rotatable bonds is 6. The van der Waals surface area contributed by atoms with E-state index in [0.29, 0.717) is 18.3 Å². The summed E-state index contributed by atoms with van der Waals surface area (Å²) in [7, 11) is 0. The van der Waals surface area contributed by atoms with Gasteiger partial charge in [0, 0.05) is 17.9 Å². The Labute approximate surface area is 130 Å². The van der Waals surface area contributed by atoms with E-state index in [2.05, 4.69) is 16.1 Å². The van der Waals surface area contributed by atoms with Crippen molar-refractivity contribution in [1.29, 1.82) is 0 Å². The molecule has 22 heavy (non-hydrogen) atoms. The van der Waals surface area contributed by atoms with Crippen LogP contribution in [-0.4, -0.2) is 16.7 Å². The quantitative estimate of drug-likeness (QED) is 0.596. The van der Waals surface area contributed by atoms with Gasteiger partial charge >= 0.3 is 0 Å². The third-order valence-corrected chi connectivity index (χ3v) is 3.80. The Hall–Kier alpha value is -2.28. The number of hydrogen-bond acceptors (Lipinski definition) is 4. The Bertz CT molecular complexity index is 685. The van der Waals surface area contributed by atoms with Gasteiger partial charge < -0.3 is 9.26 Å². The molecule has 0 spiro atoms. The highest BCUT2D eigenvalue weighted by molar-refractivity contribution is 5.61. The van der Waals surface area contributed by atoms with Gasteiger partial charge in [-0.05, 0) is 56.4 Å². The van der Waals surface area contributed by atoms with Crippen LogP contribution in [0.1, 0.15) is 48.6 Å². The number of aryl methyl sites for hydroxylation is 2. The third-order valence-electron chi connectivity index (χ3n) is 3.80. The van der Waals surface area contributed by atoms with Gasteiger partial charge in [-0.15, -0.1) is 12.3 Å². The first-order valence-electron chi connectivity index (χ1n) is 7.70. The fourth-order valence-corrected chi connectivity index (χ4v) is 2.50. The van der Waals surface area contributed by atoms with Crippen LogP contribution in [0.15, 0.2) is 16.7 Å². The monoisotopic (exact) mass is 296 g/mol. The van der Waals surface area contributed by atoms with E-state index in [1.807, 2.05) is 26.0 Å². The zero-order valence-electron chi connectivity index (χ0n) is 13.1. The van der Waals surface area contributed by atoms with Crippen LogP contribution in [0.25, 0.3) is 11.4 Å². The predicted octanol–water partition coefficient (Wildman–Crippen LogP) is 4.02. The molecule has 1 saturated carbocycles. The summed E-state index contributed by atoms with van der Waals surface area (Å²) < 4.78 is 11.2. The lowest BCUT2D eigenvalue weighted by Crippen LogP contribution is -2.01. The van der Waals surface area contributed by atoms with Crippen molar-refractivity contribution in [2.24, 2.45) is 0 Å². The van der Waals surface area contributed by atoms with Gasteiger partial charge in [-0.25, -0.2) is 0 Å². The number of hydrogen-bond donors (Lipinski definition) is 0. The zero-order valence-corrected chi connectivity index (χ0v) is 13.1. The Morgan fingerprint density at radius 1 is 1.32 bits per heavy atom. The lowest BCUT2D eigenvalue weighted by atomic mass is 10.1. The molecule has 0 unspecified atom stereocenters. The van der Waals surface area contributed by atoms with Crippen LogP contribution >= 0.6 is 0 Å². The van der Waals surface area contributed by atoms with Crippen molar-refractivity contribution < 1.29 is 9.26 Å². The van der Waals surface area contributed by atoms with E-state index in [4.69, 9.17) is 15.7 Å². The maximum absolute atomic E-state index is 5.85. The van der Waals surface area contributed by atoms with Crippen molar-refractivity contribution in [2.45, 2.75) is 45.4 Å². The van der Waals surface area contributed by atoms with Crippen LogP contribution < -0.4 is 4.74 Å². The first kappa shape index (κ1) is 14.6. The van der Waals surface area contributed by atoms with Gasteiger partial charge in [-0.3, -0.25) is 0 Å². The summed E-state index contributed by atoms with van der Waals surface area (Å²) in [5, 5.41) is 4.10. The summed E-state index contributed by atoms with van der Waals surface area (Å²) >= 11 is 0. The van der Waals surface area contributed by atoms with E-state index < -0.39 is 0 Å². The van der Waals surface area contributed by atoms with Crippen LogP contribution in [0.4, 0.5) is 0 Å². The van der Waals surface area contributed by atoms with Crippen LogP contribution in [0, 0.1) is 26.2 Å². The standard InChI is InChI=1S/C18H20N2O2/c1-4-5-6-9-21-16-12(2)10-15(11-13(16)3)17-19-18(22-20-17)14-7-8-14/h1,10-11,14H,5-9H2,2-3H3. The van der Waals surface area contributed by atoms with E-state index in [0.717, 1.165) is 54.0 Å². The van der Waals surface area contributed by atoms with E-state index in [9.17, 15) is 0 Å². The Kier molecular flexibility index (Phi) is 4.15. The average molecular weight is 296 g/mol. The highest BCUT2D eigenvalue weighted by Crippen LogP contribution is 2.39. The molecule has 1 heterocycles. The highest BCUT2D eigenvalue weighted by Gasteiger charge is 2.29. The molecule has 0 N–H and O–H groups in total. The molecule has 0 aliphatic heterocycles. The molecular weight excluding hydrogens is 276 g/mol. The molecule has 0 atom stereocenters. The first-order chi connectivity index (χ1) is 10.7. The molecule has 1 aromatic heterocycles. The van der Waals surface area contributed by atoms with Crippen molar-refractivity contribution in [3.8, 4) is 29.5 Å². The second-order valence-corrected chi connectivity index (χ2v) is 5.83. The SMILES string of the molecule is C#CCCCOc1c(C)cc(-c2noc(C3CC3)n2)cc1C. The molecule has 0 amide bonds. The van der Waals surface area contributed by atoms with Crippen LogP contribution in [0.2, 0.25) is 0 Å². The van der Waals surface area contributed by atoms with Gasteiger partial charge in [-0.1, -0.05) is 5.16 Å². The van der Waals surface area contributed by atoms with Crippen LogP contribution in [0.5, 0.6) is 5.75 Å². The highest BCUT2D eigenvalue weighted by atomic mass is 16.5. The van der Waals surface area contributed by atoms with E-state index in [-0.39, 0.29) is 0 Å². The van der Waals surface area contributed by atoms with Gasteiger partial charge in [-0.2, -0.15) is 4.98 Å². The minimum atomic E-state index is 0.474. The van der Waals surface area contributed by atoms with Crippen molar-refractivity contribution in [3.63, 3.8) is 0 Å². The Morgan fingerprint density at radius 2 is 2.05 bits per heavy atom. The lowest BCUT2D eigenvalue weighted by Gasteiger charge is -2.12. The summed E-state index contributed by atoms with van der Waals surface area (Å²) in [6.07, 6.45) is 9.17. The summed E-state index contributed by atoms with van der Waals surface area (Å²) in [4.78, 5) is 4.50. The molecule has 114 valence electrons. The molecule has 1 aliphatic rings. The summed E-state index contributed by atoms with van der Waals surface area (Å²) in [6.45, 7) is 4.71. The smallest absolute Gasteiger partial charge is 0.230 e. The maximum atomic E-state index is 5.85. The molecule has 4 heteroatoms. The number of aromatic nitrogens is 2. The summed E-state index contributed by atoms with van der Waals surface area (Å²) in [5.74, 6) is 5.44. The molecule has 1 aromatic carbocycles. The maximum Gasteiger partial charge on any atom is 0.230 e. The van der Waals surface area contributed by atoms with Gasteiger partial charge in [0.05, 0.1) is 6.61 Å². The first-order valence-corrected chi connectivity index (χ1v) is 7.70. The molecule has 2 aromatic rings. The number of unbranched alkanes of at least 4 members (excludes halogenated alkanes) is 1. The molecule has 0 saturated heterocycles. The number of terminal acetylenes is 1. The molecule has 0 radical (unpaired) electrons. The zero-order chi connectivity index (χ0) is 15.5. The molecule has 1 fully saturated rings. The van der Waals surface area contributed by atoms with Gasteiger partial charge in [0.15, 0.2) is 0 Å². The van der Waals surface area contributed by atoms with Gasteiger partial charge in [0.2, 0.25) is 11.7 Å². The predicted molar refractivity (Wildman–Crippen MR) is 84.7 cm³/mol. The van der Waals surface area contributed by atoms with E-state index in [1.165, 1.54) is 0 Å². The summed E-state index contributed by atoms with van der Waals surface area (Å²) in [5.41, 5.74) is 3.13. The average Bonchev–Trinajstić information content (AvgIpc) is 3.23. The fraction of sp³-hybridized carbons (Fsp3) is 0.444. The second kappa shape index (κ2) is 6.23. The Balaban J connectivity index is 1.77. The minimum Gasteiger partial charge on any atom is -0.493 e. The second-order valence-electron chi connectivity index (χ2n) is 5.83. The minimum absolute atomic E-state index is 0.474. The number of benzene rings is 1.